The average Bonchev–Trinajstić information content (AvgIpc) is 3.25. The molecule has 0 aromatic carbocycles. The fourth-order valence-corrected chi connectivity index (χ4v) is 3.20. The van der Waals surface area contributed by atoms with Gasteiger partial charge in [-0.3, -0.25) is 9.67 Å². The van der Waals surface area contributed by atoms with Gasteiger partial charge in [0.1, 0.15) is 5.69 Å². The van der Waals surface area contributed by atoms with Crippen LogP contribution in [0.3, 0.4) is 0 Å². The van der Waals surface area contributed by atoms with Gasteiger partial charge < -0.3 is 4.90 Å². The summed E-state index contributed by atoms with van der Waals surface area (Å²) in [7, 11) is 1.91. The van der Waals surface area contributed by atoms with Crippen molar-refractivity contribution in [2.24, 2.45) is 7.05 Å². The molecule has 0 amide bonds. The Bertz CT molecular complexity index is 780. The molecule has 6 heteroatoms. The highest BCUT2D eigenvalue weighted by Gasteiger charge is 2.27. The molecule has 1 aliphatic heterocycles. The molecule has 1 aliphatic rings. The molecular formula is C17H18N6. The predicted octanol–water partition coefficient (Wildman–Crippen LogP) is 2.61. The Labute approximate surface area is 134 Å². The van der Waals surface area contributed by atoms with Crippen molar-refractivity contribution in [3.63, 3.8) is 0 Å². The molecule has 1 unspecified atom stereocenters. The van der Waals surface area contributed by atoms with Crippen LogP contribution >= 0.6 is 0 Å². The zero-order chi connectivity index (χ0) is 15.6. The minimum Gasteiger partial charge on any atom is -0.348 e. The normalized spacial score (nSPS) is 17.6. The monoisotopic (exact) mass is 306 g/mol. The third-order valence-electron chi connectivity index (χ3n) is 4.35. The van der Waals surface area contributed by atoms with E-state index in [0.29, 0.717) is 6.04 Å². The van der Waals surface area contributed by atoms with Crippen LogP contribution in [0, 0.1) is 0 Å². The maximum atomic E-state index is 4.45. The van der Waals surface area contributed by atoms with Gasteiger partial charge in [0.15, 0.2) is 5.82 Å². The Morgan fingerprint density at radius 2 is 2.04 bits per heavy atom. The van der Waals surface area contributed by atoms with Gasteiger partial charge >= 0.3 is 0 Å². The Hall–Kier alpha value is -2.76. The summed E-state index contributed by atoms with van der Waals surface area (Å²) in [4.78, 5) is 6.56. The van der Waals surface area contributed by atoms with Crippen LogP contribution in [0.4, 0.5) is 5.82 Å². The molecule has 3 aromatic rings. The zero-order valence-electron chi connectivity index (χ0n) is 13.0. The van der Waals surface area contributed by atoms with Crippen LogP contribution in [0.15, 0.2) is 48.9 Å². The Balaban J connectivity index is 1.61. The topological polar surface area (TPSA) is 59.7 Å². The van der Waals surface area contributed by atoms with E-state index in [1.54, 1.807) is 10.9 Å². The zero-order valence-corrected chi connectivity index (χ0v) is 13.0. The number of hydrogen-bond donors (Lipinski definition) is 0. The molecular weight excluding hydrogens is 288 g/mol. The lowest BCUT2D eigenvalue weighted by Crippen LogP contribution is -2.23. The number of rotatable bonds is 3. The lowest BCUT2D eigenvalue weighted by molar-refractivity contribution is 0.702. The van der Waals surface area contributed by atoms with E-state index in [-0.39, 0.29) is 0 Å². The van der Waals surface area contributed by atoms with Crippen molar-refractivity contribution in [3.05, 3.63) is 54.5 Å². The molecule has 1 atom stereocenters. The SMILES string of the molecule is Cn1nccc1-c1ccc(N2CCCC2c2cccnc2)nn1. The molecule has 1 saturated heterocycles. The van der Waals surface area contributed by atoms with Crippen LogP contribution in [0.1, 0.15) is 24.4 Å². The largest absolute Gasteiger partial charge is 0.348 e. The van der Waals surface area contributed by atoms with E-state index in [4.69, 9.17) is 0 Å². The number of anilines is 1. The lowest BCUT2D eigenvalue weighted by Gasteiger charge is -2.25. The average molecular weight is 306 g/mol. The maximum absolute atomic E-state index is 4.45. The predicted molar refractivity (Wildman–Crippen MR) is 87.8 cm³/mol. The van der Waals surface area contributed by atoms with E-state index in [9.17, 15) is 0 Å². The van der Waals surface area contributed by atoms with E-state index in [1.165, 1.54) is 5.56 Å². The highest BCUT2D eigenvalue weighted by atomic mass is 15.3. The molecule has 3 aromatic heterocycles. The third-order valence-corrected chi connectivity index (χ3v) is 4.35. The first-order valence-electron chi connectivity index (χ1n) is 7.81. The first-order chi connectivity index (χ1) is 11.3. The van der Waals surface area contributed by atoms with E-state index < -0.39 is 0 Å². The van der Waals surface area contributed by atoms with Gasteiger partial charge in [-0.1, -0.05) is 6.07 Å². The molecule has 1 fully saturated rings. The van der Waals surface area contributed by atoms with Crippen LogP contribution in [-0.2, 0) is 7.05 Å². The second kappa shape index (κ2) is 5.79. The summed E-state index contributed by atoms with van der Waals surface area (Å²) in [5.74, 6) is 0.919. The number of pyridine rings is 1. The molecule has 23 heavy (non-hydrogen) atoms. The van der Waals surface area contributed by atoms with Crippen molar-refractivity contribution in [1.82, 2.24) is 25.0 Å². The number of aromatic nitrogens is 5. The van der Waals surface area contributed by atoms with Crippen LogP contribution in [0.2, 0.25) is 0 Å². The molecule has 6 nitrogen and oxygen atoms in total. The maximum Gasteiger partial charge on any atom is 0.151 e. The summed E-state index contributed by atoms with van der Waals surface area (Å²) in [6.45, 7) is 0.999. The van der Waals surface area contributed by atoms with Crippen molar-refractivity contribution in [3.8, 4) is 11.4 Å². The molecule has 0 aliphatic carbocycles. The van der Waals surface area contributed by atoms with Gasteiger partial charge in [0.05, 0.1) is 11.7 Å². The first-order valence-corrected chi connectivity index (χ1v) is 7.81. The minimum absolute atomic E-state index is 0.334. The number of hydrogen-bond acceptors (Lipinski definition) is 5. The van der Waals surface area contributed by atoms with E-state index in [2.05, 4.69) is 31.2 Å². The van der Waals surface area contributed by atoms with Gasteiger partial charge in [-0.15, -0.1) is 10.2 Å². The summed E-state index contributed by atoms with van der Waals surface area (Å²) < 4.78 is 1.80. The fourth-order valence-electron chi connectivity index (χ4n) is 3.20. The van der Waals surface area contributed by atoms with Gasteiger partial charge in [-0.05, 0) is 42.7 Å². The van der Waals surface area contributed by atoms with Gasteiger partial charge in [0.2, 0.25) is 0 Å². The molecule has 0 radical (unpaired) electrons. The van der Waals surface area contributed by atoms with Gasteiger partial charge in [-0.2, -0.15) is 5.10 Å². The minimum atomic E-state index is 0.334. The molecule has 4 heterocycles. The summed E-state index contributed by atoms with van der Waals surface area (Å²) in [5, 5.41) is 13.0. The highest BCUT2D eigenvalue weighted by molar-refractivity contribution is 5.55. The van der Waals surface area contributed by atoms with Gasteiger partial charge in [-0.25, -0.2) is 0 Å². The lowest BCUT2D eigenvalue weighted by atomic mass is 10.1. The van der Waals surface area contributed by atoms with Crippen LogP contribution in [0.5, 0.6) is 0 Å². The van der Waals surface area contributed by atoms with Crippen LogP contribution in [-0.4, -0.2) is 31.5 Å². The smallest absolute Gasteiger partial charge is 0.151 e. The molecule has 0 spiro atoms. The first kappa shape index (κ1) is 13.9. The summed E-state index contributed by atoms with van der Waals surface area (Å²) in [6, 6.07) is 10.5. The molecule has 0 bridgehead atoms. The quantitative estimate of drug-likeness (QED) is 0.744. The number of nitrogens with zero attached hydrogens (tertiary/aromatic N) is 6. The Morgan fingerprint density at radius 3 is 2.74 bits per heavy atom. The van der Waals surface area contributed by atoms with Crippen LogP contribution in [0.25, 0.3) is 11.4 Å². The fraction of sp³-hybridized carbons (Fsp3) is 0.294. The highest BCUT2D eigenvalue weighted by Crippen LogP contribution is 2.34. The summed E-state index contributed by atoms with van der Waals surface area (Å²) >= 11 is 0. The van der Waals surface area contributed by atoms with E-state index in [1.807, 2.05) is 43.7 Å². The Kier molecular flexibility index (Phi) is 3.49. The van der Waals surface area contributed by atoms with Crippen molar-refractivity contribution in [2.45, 2.75) is 18.9 Å². The van der Waals surface area contributed by atoms with E-state index in [0.717, 1.165) is 36.6 Å². The molecule has 4 rings (SSSR count). The van der Waals surface area contributed by atoms with E-state index >= 15 is 0 Å². The molecule has 0 saturated carbocycles. The van der Waals surface area contributed by atoms with Crippen molar-refractivity contribution in [2.75, 3.05) is 11.4 Å². The van der Waals surface area contributed by atoms with Crippen molar-refractivity contribution >= 4 is 5.82 Å². The van der Waals surface area contributed by atoms with Gasteiger partial charge in [0, 0.05) is 32.2 Å². The van der Waals surface area contributed by atoms with Crippen molar-refractivity contribution < 1.29 is 0 Å². The standard InChI is InChI=1S/C17H18N6/c1-22-16(8-10-19-22)14-6-7-17(21-20-14)23-11-3-5-15(23)13-4-2-9-18-12-13/h2,4,6-10,12,15H,3,5,11H2,1H3. The Morgan fingerprint density at radius 1 is 1.09 bits per heavy atom. The second-order valence-electron chi connectivity index (χ2n) is 5.75. The molecule has 0 N–H and O–H groups in total. The van der Waals surface area contributed by atoms with Crippen LogP contribution < -0.4 is 4.90 Å². The second-order valence-corrected chi connectivity index (χ2v) is 5.75. The molecule has 116 valence electrons. The number of aryl methyl sites for hydroxylation is 1. The third kappa shape index (κ3) is 2.56. The van der Waals surface area contributed by atoms with Crippen molar-refractivity contribution in [1.29, 1.82) is 0 Å². The van der Waals surface area contributed by atoms with Gasteiger partial charge in [0.25, 0.3) is 0 Å². The summed E-state index contributed by atoms with van der Waals surface area (Å²) in [5.41, 5.74) is 3.04. The summed E-state index contributed by atoms with van der Waals surface area (Å²) in [6.07, 6.45) is 7.80.